The highest BCUT2D eigenvalue weighted by Crippen LogP contribution is 2.31. The molecule has 26 heavy (non-hydrogen) atoms. The van der Waals surface area contributed by atoms with Crippen molar-refractivity contribution in [2.45, 2.75) is 12.8 Å². The molecule has 1 amide bonds. The molecule has 2 N–H and O–H groups in total. The first kappa shape index (κ1) is 17.5. The number of ether oxygens (including phenoxy) is 2. The Hall–Kier alpha value is -3.28. The van der Waals surface area contributed by atoms with Gasteiger partial charge >= 0.3 is 0 Å². The minimum absolute atomic E-state index is 0.0427. The first-order valence-electron chi connectivity index (χ1n) is 8.29. The lowest BCUT2D eigenvalue weighted by atomic mass is 10.1. The Balaban J connectivity index is 1.61. The Bertz CT molecular complexity index is 859. The second-order valence-electron chi connectivity index (χ2n) is 5.80. The van der Waals surface area contributed by atoms with Crippen molar-refractivity contribution >= 4 is 11.6 Å². The molecule has 0 unspecified atom stereocenters. The smallest absolute Gasteiger partial charge is 0.224 e. The van der Waals surface area contributed by atoms with E-state index in [1.807, 2.05) is 42.5 Å². The van der Waals surface area contributed by atoms with E-state index < -0.39 is 0 Å². The molecule has 0 bridgehead atoms. The molecule has 0 aliphatic carbocycles. The Morgan fingerprint density at radius 2 is 1.92 bits per heavy atom. The maximum atomic E-state index is 12.2. The van der Waals surface area contributed by atoms with Gasteiger partial charge in [-0.3, -0.25) is 9.89 Å². The van der Waals surface area contributed by atoms with Crippen LogP contribution in [0, 0.1) is 0 Å². The number of aromatic nitrogens is 2. The fourth-order valence-corrected chi connectivity index (χ4v) is 2.68. The Kier molecular flexibility index (Phi) is 5.53. The summed E-state index contributed by atoms with van der Waals surface area (Å²) in [6, 6.07) is 13.3. The van der Waals surface area contributed by atoms with Crippen molar-refractivity contribution in [3.63, 3.8) is 0 Å². The molecule has 3 aromatic rings. The topological polar surface area (TPSA) is 76.2 Å². The lowest BCUT2D eigenvalue weighted by molar-refractivity contribution is -0.116. The SMILES string of the molecule is COc1ccc(CCC(=O)Nc2ccc(-c3cn[nH]c3)c(OC)c2)cc1. The maximum absolute atomic E-state index is 12.2. The highest BCUT2D eigenvalue weighted by Gasteiger charge is 2.10. The van der Waals surface area contributed by atoms with Crippen molar-refractivity contribution in [3.8, 4) is 22.6 Å². The second-order valence-corrected chi connectivity index (χ2v) is 5.80. The molecule has 0 aliphatic heterocycles. The molecule has 1 heterocycles. The van der Waals surface area contributed by atoms with Gasteiger partial charge in [0, 0.05) is 35.5 Å². The first-order valence-corrected chi connectivity index (χ1v) is 8.29. The largest absolute Gasteiger partial charge is 0.497 e. The average Bonchev–Trinajstić information content (AvgIpc) is 3.21. The van der Waals surface area contributed by atoms with Gasteiger partial charge in [-0.05, 0) is 36.2 Å². The number of carbonyl (C=O) groups is 1. The number of anilines is 1. The van der Waals surface area contributed by atoms with Gasteiger partial charge in [-0.1, -0.05) is 12.1 Å². The van der Waals surface area contributed by atoms with E-state index in [1.165, 1.54) is 0 Å². The normalized spacial score (nSPS) is 10.4. The van der Waals surface area contributed by atoms with E-state index >= 15 is 0 Å². The zero-order valence-electron chi connectivity index (χ0n) is 14.8. The third-order valence-corrected chi connectivity index (χ3v) is 4.09. The molecule has 0 atom stereocenters. The van der Waals surface area contributed by atoms with Crippen molar-refractivity contribution < 1.29 is 14.3 Å². The van der Waals surface area contributed by atoms with Gasteiger partial charge in [-0.25, -0.2) is 0 Å². The first-order chi connectivity index (χ1) is 12.7. The molecule has 0 spiro atoms. The molecule has 0 saturated carbocycles. The van der Waals surface area contributed by atoms with Crippen molar-refractivity contribution in [1.82, 2.24) is 10.2 Å². The van der Waals surface area contributed by atoms with Crippen LogP contribution in [-0.4, -0.2) is 30.3 Å². The van der Waals surface area contributed by atoms with Gasteiger partial charge < -0.3 is 14.8 Å². The lowest BCUT2D eigenvalue weighted by Gasteiger charge is -2.11. The minimum atomic E-state index is -0.0427. The van der Waals surface area contributed by atoms with Crippen LogP contribution in [0.2, 0.25) is 0 Å². The van der Waals surface area contributed by atoms with E-state index in [4.69, 9.17) is 9.47 Å². The summed E-state index contributed by atoms with van der Waals surface area (Å²) in [5.41, 5.74) is 3.64. The number of hydrogen-bond acceptors (Lipinski definition) is 4. The number of aryl methyl sites for hydroxylation is 1. The average molecular weight is 351 g/mol. The third-order valence-electron chi connectivity index (χ3n) is 4.09. The molecule has 0 aliphatic rings. The molecular formula is C20H21N3O3. The number of benzene rings is 2. The van der Waals surface area contributed by atoms with Crippen LogP contribution in [0.1, 0.15) is 12.0 Å². The standard InChI is InChI=1S/C20H21N3O3/c1-25-17-7-3-14(4-8-17)5-10-20(24)23-16-6-9-18(19(11-16)26-2)15-12-21-22-13-15/h3-4,6-9,11-13H,5,10H2,1-2H3,(H,21,22)(H,23,24). The number of methoxy groups -OCH3 is 2. The predicted octanol–water partition coefficient (Wildman–Crippen LogP) is 3.67. The molecule has 0 saturated heterocycles. The third kappa shape index (κ3) is 4.22. The molecule has 6 nitrogen and oxygen atoms in total. The highest BCUT2D eigenvalue weighted by molar-refractivity contribution is 5.91. The van der Waals surface area contributed by atoms with Crippen molar-refractivity contribution in [1.29, 1.82) is 0 Å². The molecule has 0 fully saturated rings. The fraction of sp³-hybridized carbons (Fsp3) is 0.200. The monoisotopic (exact) mass is 351 g/mol. The molecule has 0 radical (unpaired) electrons. The summed E-state index contributed by atoms with van der Waals surface area (Å²) in [6.07, 6.45) is 4.59. The van der Waals surface area contributed by atoms with Crippen LogP contribution in [-0.2, 0) is 11.2 Å². The molecule has 3 rings (SSSR count). The van der Waals surface area contributed by atoms with E-state index in [0.29, 0.717) is 24.3 Å². The number of nitrogens with one attached hydrogen (secondary N) is 2. The van der Waals surface area contributed by atoms with Gasteiger partial charge in [-0.2, -0.15) is 5.10 Å². The summed E-state index contributed by atoms with van der Waals surface area (Å²) in [6.45, 7) is 0. The lowest BCUT2D eigenvalue weighted by Crippen LogP contribution is -2.12. The van der Waals surface area contributed by atoms with Gasteiger partial charge in [0.1, 0.15) is 11.5 Å². The highest BCUT2D eigenvalue weighted by atomic mass is 16.5. The minimum Gasteiger partial charge on any atom is -0.497 e. The Morgan fingerprint density at radius 3 is 2.58 bits per heavy atom. The number of rotatable bonds is 7. The molecule has 134 valence electrons. The quantitative estimate of drug-likeness (QED) is 0.681. The molecule has 1 aromatic heterocycles. The van der Waals surface area contributed by atoms with Crippen molar-refractivity contribution in [2.24, 2.45) is 0 Å². The van der Waals surface area contributed by atoms with Gasteiger partial charge in [0.05, 0.1) is 20.4 Å². The molecule has 2 aromatic carbocycles. The number of nitrogens with zero attached hydrogens (tertiary/aromatic N) is 1. The summed E-state index contributed by atoms with van der Waals surface area (Å²) in [5.74, 6) is 1.45. The number of aromatic amines is 1. The van der Waals surface area contributed by atoms with Crippen molar-refractivity contribution in [2.75, 3.05) is 19.5 Å². The second kappa shape index (κ2) is 8.20. The van der Waals surface area contributed by atoms with Gasteiger partial charge in [0.25, 0.3) is 0 Å². The summed E-state index contributed by atoms with van der Waals surface area (Å²) < 4.78 is 10.6. The van der Waals surface area contributed by atoms with E-state index in [-0.39, 0.29) is 5.91 Å². The van der Waals surface area contributed by atoms with Crippen LogP contribution in [0.4, 0.5) is 5.69 Å². The number of hydrogen-bond donors (Lipinski definition) is 2. The zero-order chi connectivity index (χ0) is 18.4. The van der Waals surface area contributed by atoms with Crippen LogP contribution in [0.25, 0.3) is 11.1 Å². The summed E-state index contributed by atoms with van der Waals surface area (Å²) in [7, 11) is 3.24. The van der Waals surface area contributed by atoms with Crippen LogP contribution in [0.5, 0.6) is 11.5 Å². The van der Waals surface area contributed by atoms with Crippen LogP contribution >= 0.6 is 0 Å². The van der Waals surface area contributed by atoms with E-state index in [1.54, 1.807) is 26.6 Å². The summed E-state index contributed by atoms with van der Waals surface area (Å²) >= 11 is 0. The van der Waals surface area contributed by atoms with E-state index in [9.17, 15) is 4.79 Å². The Labute approximate surface area is 152 Å². The number of H-pyrrole nitrogens is 1. The fourth-order valence-electron chi connectivity index (χ4n) is 2.68. The van der Waals surface area contributed by atoms with E-state index in [2.05, 4.69) is 15.5 Å². The predicted molar refractivity (Wildman–Crippen MR) is 101 cm³/mol. The summed E-state index contributed by atoms with van der Waals surface area (Å²) in [4.78, 5) is 12.2. The van der Waals surface area contributed by atoms with E-state index in [0.717, 1.165) is 22.4 Å². The van der Waals surface area contributed by atoms with Gasteiger partial charge in [0.15, 0.2) is 0 Å². The van der Waals surface area contributed by atoms with Gasteiger partial charge in [-0.15, -0.1) is 0 Å². The molecule has 6 heteroatoms. The van der Waals surface area contributed by atoms with Gasteiger partial charge in [0.2, 0.25) is 5.91 Å². The number of carbonyl (C=O) groups excluding carboxylic acids is 1. The van der Waals surface area contributed by atoms with Crippen molar-refractivity contribution in [3.05, 3.63) is 60.4 Å². The molecular weight excluding hydrogens is 330 g/mol. The number of amides is 1. The summed E-state index contributed by atoms with van der Waals surface area (Å²) in [5, 5.41) is 9.65. The van der Waals surface area contributed by atoms with Crippen LogP contribution in [0.3, 0.4) is 0 Å². The maximum Gasteiger partial charge on any atom is 0.224 e. The van der Waals surface area contributed by atoms with Crippen LogP contribution in [0.15, 0.2) is 54.9 Å². The zero-order valence-corrected chi connectivity index (χ0v) is 14.8. The van der Waals surface area contributed by atoms with Crippen LogP contribution < -0.4 is 14.8 Å². The Morgan fingerprint density at radius 1 is 1.12 bits per heavy atom.